The number of fused-ring (bicyclic) bond motifs is 12. The molecule has 0 amide bonds. The van der Waals surface area contributed by atoms with Gasteiger partial charge in [-0.25, -0.2) is 0 Å². The van der Waals surface area contributed by atoms with Gasteiger partial charge in [0.05, 0.1) is 33.1 Å². The lowest BCUT2D eigenvalue weighted by atomic mass is 9.84. The largest absolute Gasteiger partial charge is 0.310 e. The third-order valence-corrected chi connectivity index (χ3v) is 13.3. The second-order valence-corrected chi connectivity index (χ2v) is 20.6. The van der Waals surface area contributed by atoms with E-state index < -0.39 is 0 Å². The molecule has 0 radical (unpaired) electrons. The van der Waals surface area contributed by atoms with E-state index in [2.05, 4.69) is 211 Å². The highest BCUT2D eigenvalue weighted by Crippen LogP contribution is 2.48. The van der Waals surface area contributed by atoms with Crippen molar-refractivity contribution in [3.63, 3.8) is 0 Å². The molecule has 0 spiro atoms. The second kappa shape index (κ2) is 11.8. The Morgan fingerprint density at radius 2 is 0.695 bits per heavy atom. The molecule has 3 heteroatoms. The average molecular weight is 768 g/mol. The summed E-state index contributed by atoms with van der Waals surface area (Å²) in [7, 11) is 0. The van der Waals surface area contributed by atoms with Crippen LogP contribution in [0.4, 0.5) is 17.1 Å². The van der Waals surface area contributed by atoms with Crippen molar-refractivity contribution < 1.29 is 0 Å². The number of nitrogens with zero attached hydrogens (tertiary/aromatic N) is 3. The summed E-state index contributed by atoms with van der Waals surface area (Å²) in [4.78, 5) is 2.40. The van der Waals surface area contributed by atoms with E-state index in [0.29, 0.717) is 0 Å². The van der Waals surface area contributed by atoms with Gasteiger partial charge in [0.2, 0.25) is 0 Å². The Kier molecular flexibility index (Phi) is 7.20. The zero-order valence-electron chi connectivity index (χ0n) is 36.4. The van der Waals surface area contributed by atoms with Gasteiger partial charge in [-0.3, -0.25) is 0 Å². The number of hydrogen-bond acceptors (Lipinski definition) is 1. The first-order chi connectivity index (χ1) is 28.0. The van der Waals surface area contributed by atoms with Crippen LogP contribution in [0.3, 0.4) is 0 Å². The highest BCUT2D eigenvalue weighted by atomic mass is 15.1. The highest BCUT2D eigenvalue weighted by molar-refractivity contribution is 6.29. The van der Waals surface area contributed by atoms with Crippen molar-refractivity contribution in [2.75, 3.05) is 4.90 Å². The normalized spacial score (nSPS) is 13.3. The monoisotopic (exact) mass is 767 g/mol. The minimum absolute atomic E-state index is 0.000205. The van der Waals surface area contributed by atoms with Crippen molar-refractivity contribution in [3.05, 3.63) is 149 Å². The maximum atomic E-state index is 2.58. The number of anilines is 3. The third-order valence-electron chi connectivity index (χ3n) is 13.3. The predicted molar refractivity (Wildman–Crippen MR) is 256 cm³/mol. The van der Waals surface area contributed by atoms with Gasteiger partial charge in [-0.05, 0) is 132 Å². The average Bonchev–Trinajstić information content (AvgIpc) is 3.90. The number of rotatable bonds is 3. The van der Waals surface area contributed by atoms with Crippen molar-refractivity contribution in [1.29, 1.82) is 0 Å². The van der Waals surface area contributed by atoms with Crippen LogP contribution >= 0.6 is 0 Å². The molecule has 0 aliphatic carbocycles. The summed E-state index contributed by atoms with van der Waals surface area (Å²) in [6.07, 6.45) is 0. The maximum Gasteiger partial charge on any atom is 0.0620 e. The Labute approximate surface area is 347 Å². The molecular weight excluding hydrogens is 715 g/mol. The lowest BCUT2D eigenvalue weighted by Gasteiger charge is -2.26. The predicted octanol–water partition coefficient (Wildman–Crippen LogP) is 16.0. The molecule has 11 rings (SSSR count). The summed E-state index contributed by atoms with van der Waals surface area (Å²) in [6.45, 7) is 25.3. The van der Waals surface area contributed by atoms with Crippen LogP contribution < -0.4 is 4.90 Å². The molecule has 11 aromatic rings. The van der Waals surface area contributed by atoms with Gasteiger partial charge in [0, 0.05) is 60.2 Å². The van der Waals surface area contributed by atoms with Gasteiger partial charge in [0.15, 0.2) is 0 Å². The van der Waals surface area contributed by atoms with Gasteiger partial charge in [0.1, 0.15) is 0 Å². The van der Waals surface area contributed by atoms with E-state index in [-0.39, 0.29) is 16.2 Å². The van der Waals surface area contributed by atoms with E-state index >= 15 is 0 Å². The molecule has 4 aromatic heterocycles. The molecule has 3 nitrogen and oxygen atoms in total. The molecule has 59 heavy (non-hydrogen) atoms. The van der Waals surface area contributed by atoms with Crippen LogP contribution in [0.25, 0.3) is 76.2 Å². The molecule has 4 heterocycles. The first-order valence-electron chi connectivity index (χ1n) is 21.3. The number of aryl methyl sites for hydroxylation is 2. The topological polar surface area (TPSA) is 12.1 Å². The van der Waals surface area contributed by atoms with E-state index in [4.69, 9.17) is 0 Å². The smallest absolute Gasteiger partial charge is 0.0620 e. The lowest BCUT2D eigenvalue weighted by molar-refractivity contribution is 0.590. The molecule has 0 aliphatic heterocycles. The summed E-state index contributed by atoms with van der Waals surface area (Å²) in [5.74, 6) is 0. The fourth-order valence-corrected chi connectivity index (χ4v) is 9.88. The van der Waals surface area contributed by atoms with Gasteiger partial charge in [0.25, 0.3) is 0 Å². The highest BCUT2D eigenvalue weighted by Gasteiger charge is 2.28. The lowest BCUT2D eigenvalue weighted by Crippen LogP contribution is -2.11. The summed E-state index contributed by atoms with van der Waals surface area (Å²) in [6, 6.07) is 47.1. The summed E-state index contributed by atoms with van der Waals surface area (Å²) in [5.41, 5.74) is 17.8. The van der Waals surface area contributed by atoms with Crippen LogP contribution in [0.2, 0.25) is 0 Å². The van der Waals surface area contributed by atoms with Crippen molar-refractivity contribution in [2.24, 2.45) is 0 Å². The second-order valence-electron chi connectivity index (χ2n) is 20.6. The van der Waals surface area contributed by atoms with E-state index in [9.17, 15) is 0 Å². The van der Waals surface area contributed by atoms with Crippen LogP contribution in [0.15, 0.2) is 121 Å². The SMILES string of the molecule is Cc1ccc(N(c2ccc(C)cc2)c2ccc3c4cc(C(C)(C)C)cc5c6cc7c(cc6n(c3c2)c45)c2cc(C(C)(C)C)cc3c4cc(C(C)(C)C)ccc4n7c32)cc1. The first-order valence-corrected chi connectivity index (χ1v) is 21.3. The van der Waals surface area contributed by atoms with Gasteiger partial charge >= 0.3 is 0 Å². The number of benzene rings is 7. The zero-order chi connectivity index (χ0) is 41.1. The minimum atomic E-state index is -0.0145. The fraction of sp³-hybridized carbons (Fsp3) is 0.250. The molecule has 0 unspecified atom stereocenters. The first kappa shape index (κ1) is 36.1. The van der Waals surface area contributed by atoms with Crippen molar-refractivity contribution in [2.45, 2.75) is 92.4 Å². The van der Waals surface area contributed by atoms with Gasteiger partial charge in [-0.15, -0.1) is 0 Å². The Bertz CT molecular complexity index is 3430. The standard InChI is InChI=1S/C56H53N3/c1-32-12-17-37(18-13-32)57(38-19-14-33(2)15-20-38)39-21-22-40-44-25-35(55(6,7)8)27-46-43-30-50-42(31-51(43)59(52(44)46)49(40)29-39)47-28-36(56(9,10)11)26-45-41-24-34(54(3,4)5)16-23-48(41)58(50)53(45)47/h12-31H,1-11H3. The molecule has 0 aliphatic rings. The Balaban J connectivity index is 1.28. The Morgan fingerprint density at radius 1 is 0.322 bits per heavy atom. The fourth-order valence-electron chi connectivity index (χ4n) is 9.88. The number of aromatic nitrogens is 2. The van der Waals surface area contributed by atoms with E-state index in [1.165, 1.54) is 104 Å². The van der Waals surface area contributed by atoms with Gasteiger partial charge < -0.3 is 13.7 Å². The molecule has 0 N–H and O–H groups in total. The van der Waals surface area contributed by atoms with Crippen LogP contribution in [-0.4, -0.2) is 8.80 Å². The minimum Gasteiger partial charge on any atom is -0.310 e. The third kappa shape index (κ3) is 5.19. The van der Waals surface area contributed by atoms with Gasteiger partial charge in [-0.2, -0.15) is 0 Å². The van der Waals surface area contributed by atoms with E-state index in [1.54, 1.807) is 0 Å². The molecule has 292 valence electrons. The molecule has 0 fully saturated rings. The van der Waals surface area contributed by atoms with Crippen molar-refractivity contribution in [3.8, 4) is 0 Å². The Morgan fingerprint density at radius 3 is 1.15 bits per heavy atom. The molecule has 7 aromatic carbocycles. The van der Waals surface area contributed by atoms with Crippen molar-refractivity contribution in [1.82, 2.24) is 8.80 Å². The zero-order valence-corrected chi connectivity index (χ0v) is 36.4. The maximum absolute atomic E-state index is 2.58. The van der Waals surface area contributed by atoms with Crippen molar-refractivity contribution >= 4 is 93.3 Å². The van der Waals surface area contributed by atoms with E-state index in [0.717, 1.165) is 17.1 Å². The molecule has 0 saturated heterocycles. The molecular formula is C56H53N3. The summed E-state index contributed by atoms with van der Waals surface area (Å²) < 4.78 is 5.16. The molecule has 0 saturated carbocycles. The van der Waals surface area contributed by atoms with E-state index in [1.807, 2.05) is 0 Å². The summed E-state index contributed by atoms with van der Waals surface area (Å²) >= 11 is 0. The van der Waals surface area contributed by atoms with Crippen LogP contribution in [0.5, 0.6) is 0 Å². The number of hydrogen-bond donors (Lipinski definition) is 0. The molecule has 0 bridgehead atoms. The van der Waals surface area contributed by atoms with Crippen LogP contribution in [0.1, 0.15) is 90.1 Å². The Hall–Kier alpha value is -6.06. The quantitative estimate of drug-likeness (QED) is 0.174. The van der Waals surface area contributed by atoms with Gasteiger partial charge in [-0.1, -0.05) is 110 Å². The van der Waals surface area contributed by atoms with Crippen LogP contribution in [-0.2, 0) is 16.2 Å². The van der Waals surface area contributed by atoms with Crippen LogP contribution in [0, 0.1) is 13.8 Å². The molecule has 0 atom stereocenters. The summed E-state index contributed by atoms with van der Waals surface area (Å²) in [5, 5.41) is 10.6.